The Morgan fingerprint density at radius 1 is 1.04 bits per heavy atom. The second kappa shape index (κ2) is 6.88. The second-order valence-corrected chi connectivity index (χ2v) is 6.33. The Labute approximate surface area is 156 Å². The van der Waals surface area contributed by atoms with Gasteiger partial charge in [0, 0.05) is 16.7 Å². The SMILES string of the molecule is O=c1c2nnn(Cc3ccccc3Cl)c2ncn1Cc1ccc(F)cc1F. The van der Waals surface area contributed by atoms with Crippen molar-refractivity contribution in [2.45, 2.75) is 13.1 Å². The highest BCUT2D eigenvalue weighted by molar-refractivity contribution is 6.31. The smallest absolute Gasteiger partial charge is 0.283 e. The Morgan fingerprint density at radius 2 is 1.85 bits per heavy atom. The number of hydrogen-bond donors (Lipinski definition) is 0. The van der Waals surface area contributed by atoms with Gasteiger partial charge in [0.15, 0.2) is 11.2 Å². The number of fused-ring (bicyclic) bond motifs is 1. The van der Waals surface area contributed by atoms with Crippen LogP contribution in [0, 0.1) is 11.6 Å². The van der Waals surface area contributed by atoms with Crippen LogP contribution < -0.4 is 5.56 Å². The van der Waals surface area contributed by atoms with Crippen molar-refractivity contribution in [2.24, 2.45) is 0 Å². The van der Waals surface area contributed by atoms with E-state index in [0.717, 1.165) is 17.7 Å². The Hall–Kier alpha value is -3.13. The van der Waals surface area contributed by atoms with Gasteiger partial charge in [-0.3, -0.25) is 9.36 Å². The molecule has 0 aliphatic rings. The molecule has 0 amide bonds. The molecule has 0 saturated heterocycles. The standard InChI is InChI=1S/C18H12ClF2N5O/c19-14-4-2-1-3-11(14)9-26-17-16(23-24-26)18(27)25(10-22-17)8-12-5-6-13(20)7-15(12)21/h1-7,10H,8-9H2. The molecular formula is C18H12ClF2N5O. The molecule has 0 atom stereocenters. The Kier molecular flexibility index (Phi) is 4.41. The molecule has 2 heterocycles. The molecule has 27 heavy (non-hydrogen) atoms. The fourth-order valence-electron chi connectivity index (χ4n) is 2.73. The van der Waals surface area contributed by atoms with Crippen LogP contribution in [0.4, 0.5) is 8.78 Å². The monoisotopic (exact) mass is 387 g/mol. The Morgan fingerprint density at radius 3 is 2.63 bits per heavy atom. The molecule has 0 spiro atoms. The summed E-state index contributed by atoms with van der Waals surface area (Å²) in [6.45, 7) is 0.213. The number of halogens is 3. The molecule has 0 saturated carbocycles. The third-order valence-electron chi connectivity index (χ3n) is 4.13. The van der Waals surface area contributed by atoms with Gasteiger partial charge in [0.05, 0.1) is 13.1 Å². The molecule has 9 heteroatoms. The van der Waals surface area contributed by atoms with Crippen molar-refractivity contribution in [3.05, 3.63) is 86.9 Å². The van der Waals surface area contributed by atoms with Gasteiger partial charge in [0.2, 0.25) is 0 Å². The van der Waals surface area contributed by atoms with Crippen molar-refractivity contribution in [1.82, 2.24) is 24.5 Å². The summed E-state index contributed by atoms with van der Waals surface area (Å²) < 4.78 is 29.6. The molecule has 6 nitrogen and oxygen atoms in total. The molecule has 0 unspecified atom stereocenters. The summed E-state index contributed by atoms with van der Waals surface area (Å²) >= 11 is 6.16. The molecular weight excluding hydrogens is 376 g/mol. The highest BCUT2D eigenvalue weighted by atomic mass is 35.5. The van der Waals surface area contributed by atoms with Crippen molar-refractivity contribution in [3.63, 3.8) is 0 Å². The summed E-state index contributed by atoms with van der Waals surface area (Å²) in [7, 11) is 0. The fraction of sp³-hybridized carbons (Fsp3) is 0.111. The summed E-state index contributed by atoms with van der Waals surface area (Å²) in [4.78, 5) is 16.9. The predicted octanol–water partition coefficient (Wildman–Crippen LogP) is 3.02. The van der Waals surface area contributed by atoms with Crippen LogP contribution in [-0.4, -0.2) is 24.5 Å². The third kappa shape index (κ3) is 3.31. The highest BCUT2D eigenvalue weighted by Gasteiger charge is 2.14. The lowest BCUT2D eigenvalue weighted by Gasteiger charge is -2.07. The average molecular weight is 388 g/mol. The van der Waals surface area contributed by atoms with Crippen LogP contribution in [0.5, 0.6) is 0 Å². The largest absolute Gasteiger partial charge is 0.293 e. The lowest BCUT2D eigenvalue weighted by atomic mass is 10.2. The molecule has 2 aromatic carbocycles. The molecule has 4 aromatic rings. The van der Waals surface area contributed by atoms with Gasteiger partial charge < -0.3 is 0 Å². The molecule has 2 aromatic heterocycles. The van der Waals surface area contributed by atoms with Crippen molar-refractivity contribution < 1.29 is 8.78 Å². The maximum absolute atomic E-state index is 13.8. The number of hydrogen-bond acceptors (Lipinski definition) is 4. The summed E-state index contributed by atoms with van der Waals surface area (Å²) in [6.07, 6.45) is 1.29. The van der Waals surface area contributed by atoms with Crippen LogP contribution in [0.2, 0.25) is 5.02 Å². The molecule has 0 fully saturated rings. The average Bonchev–Trinajstić information content (AvgIpc) is 3.05. The van der Waals surface area contributed by atoms with Gasteiger partial charge in [0.1, 0.15) is 18.0 Å². The van der Waals surface area contributed by atoms with E-state index in [0.29, 0.717) is 17.2 Å². The summed E-state index contributed by atoms with van der Waals surface area (Å²) in [5.74, 6) is -1.41. The van der Waals surface area contributed by atoms with Crippen LogP contribution in [0.3, 0.4) is 0 Å². The highest BCUT2D eigenvalue weighted by Crippen LogP contribution is 2.17. The van der Waals surface area contributed by atoms with E-state index in [4.69, 9.17) is 11.6 Å². The second-order valence-electron chi connectivity index (χ2n) is 5.92. The molecule has 0 aliphatic heterocycles. The molecule has 0 radical (unpaired) electrons. The van der Waals surface area contributed by atoms with Crippen LogP contribution in [0.15, 0.2) is 53.6 Å². The minimum atomic E-state index is -0.732. The van der Waals surface area contributed by atoms with Crippen molar-refractivity contribution >= 4 is 22.8 Å². The molecule has 136 valence electrons. The third-order valence-corrected chi connectivity index (χ3v) is 4.49. The normalized spacial score (nSPS) is 11.2. The van der Waals surface area contributed by atoms with Crippen LogP contribution in [0.1, 0.15) is 11.1 Å². The summed E-state index contributed by atoms with van der Waals surface area (Å²) in [6, 6.07) is 10.5. The maximum atomic E-state index is 13.8. The predicted molar refractivity (Wildman–Crippen MR) is 95.6 cm³/mol. The van der Waals surface area contributed by atoms with E-state index in [1.807, 2.05) is 18.2 Å². The van der Waals surface area contributed by atoms with Gasteiger partial charge in [-0.1, -0.05) is 41.1 Å². The molecule has 0 N–H and O–H groups in total. The molecule has 0 aliphatic carbocycles. The lowest BCUT2D eigenvalue weighted by molar-refractivity contribution is 0.564. The first-order chi connectivity index (χ1) is 13.0. The molecule has 0 bridgehead atoms. The van der Waals surface area contributed by atoms with E-state index >= 15 is 0 Å². The van der Waals surface area contributed by atoms with E-state index in [1.54, 1.807) is 6.07 Å². The molecule has 4 rings (SSSR count). The quantitative estimate of drug-likeness (QED) is 0.540. The van der Waals surface area contributed by atoms with Crippen molar-refractivity contribution in [1.29, 1.82) is 0 Å². The topological polar surface area (TPSA) is 65.6 Å². The number of nitrogens with zero attached hydrogens (tertiary/aromatic N) is 5. The number of aromatic nitrogens is 5. The van der Waals surface area contributed by atoms with E-state index < -0.39 is 17.2 Å². The first-order valence-corrected chi connectivity index (χ1v) is 8.36. The van der Waals surface area contributed by atoms with E-state index in [1.165, 1.54) is 21.6 Å². The van der Waals surface area contributed by atoms with Crippen LogP contribution in [-0.2, 0) is 13.1 Å². The van der Waals surface area contributed by atoms with Gasteiger partial charge in [-0.25, -0.2) is 18.4 Å². The minimum Gasteiger partial charge on any atom is -0.293 e. The Bertz CT molecular complexity index is 1200. The van der Waals surface area contributed by atoms with Crippen molar-refractivity contribution in [2.75, 3.05) is 0 Å². The van der Waals surface area contributed by atoms with Gasteiger partial charge in [-0.15, -0.1) is 5.10 Å². The van der Waals surface area contributed by atoms with E-state index in [9.17, 15) is 13.6 Å². The zero-order chi connectivity index (χ0) is 19.0. The van der Waals surface area contributed by atoms with Gasteiger partial charge in [-0.05, 0) is 17.7 Å². The zero-order valence-electron chi connectivity index (χ0n) is 13.8. The first kappa shape index (κ1) is 17.3. The van der Waals surface area contributed by atoms with E-state index in [-0.39, 0.29) is 17.6 Å². The van der Waals surface area contributed by atoms with Gasteiger partial charge in [-0.2, -0.15) is 0 Å². The van der Waals surface area contributed by atoms with Gasteiger partial charge in [0.25, 0.3) is 5.56 Å². The minimum absolute atomic E-state index is 0.0621. The van der Waals surface area contributed by atoms with Crippen LogP contribution >= 0.6 is 11.6 Å². The van der Waals surface area contributed by atoms with Crippen molar-refractivity contribution in [3.8, 4) is 0 Å². The van der Waals surface area contributed by atoms with Crippen LogP contribution in [0.25, 0.3) is 11.2 Å². The van der Waals surface area contributed by atoms with Gasteiger partial charge >= 0.3 is 0 Å². The number of rotatable bonds is 4. The lowest BCUT2D eigenvalue weighted by Crippen LogP contribution is -2.22. The first-order valence-electron chi connectivity index (χ1n) is 7.99. The summed E-state index contributed by atoms with van der Waals surface area (Å²) in [5.41, 5.74) is 0.880. The number of benzene rings is 2. The van der Waals surface area contributed by atoms with E-state index in [2.05, 4.69) is 15.3 Å². The fourth-order valence-corrected chi connectivity index (χ4v) is 2.92. The Balaban J connectivity index is 1.69. The maximum Gasteiger partial charge on any atom is 0.283 e. The zero-order valence-corrected chi connectivity index (χ0v) is 14.6. The summed E-state index contributed by atoms with van der Waals surface area (Å²) in [5, 5.41) is 8.45.